The molecule has 0 spiro atoms. The third kappa shape index (κ3) is 4.53. The van der Waals surface area contributed by atoms with E-state index < -0.39 is 0 Å². The molecule has 0 aliphatic carbocycles. The fraction of sp³-hybridized carbons (Fsp3) is 0.375. The van der Waals surface area contributed by atoms with E-state index in [9.17, 15) is 9.59 Å². The highest BCUT2D eigenvalue weighted by molar-refractivity contribution is 5.92. The van der Waals surface area contributed by atoms with Crippen LogP contribution in [0.5, 0.6) is 0 Å². The van der Waals surface area contributed by atoms with E-state index in [0.29, 0.717) is 6.54 Å². The summed E-state index contributed by atoms with van der Waals surface area (Å²) in [4.78, 5) is 24.8. The standard InChI is InChI=1S/C16H21NO3/c1-12-7-5-6-8-14(12)9-10-15(18)17(3)11-13(2)16(19)20-4/h5-10,13H,11H2,1-4H3. The number of rotatable bonds is 5. The predicted molar refractivity (Wildman–Crippen MR) is 79.0 cm³/mol. The van der Waals surface area contributed by atoms with E-state index in [1.807, 2.05) is 31.2 Å². The van der Waals surface area contributed by atoms with Gasteiger partial charge in [-0.3, -0.25) is 9.59 Å². The van der Waals surface area contributed by atoms with Crippen LogP contribution in [0.4, 0.5) is 0 Å². The number of amides is 1. The van der Waals surface area contributed by atoms with Crippen molar-refractivity contribution in [1.29, 1.82) is 0 Å². The first kappa shape index (κ1) is 16.0. The zero-order chi connectivity index (χ0) is 15.1. The Morgan fingerprint density at radius 1 is 1.35 bits per heavy atom. The zero-order valence-electron chi connectivity index (χ0n) is 12.4. The Morgan fingerprint density at radius 2 is 2.00 bits per heavy atom. The number of hydrogen-bond acceptors (Lipinski definition) is 3. The van der Waals surface area contributed by atoms with Crippen LogP contribution in [0.15, 0.2) is 30.3 Å². The number of carbonyl (C=O) groups excluding carboxylic acids is 2. The number of likely N-dealkylation sites (N-methyl/N-ethyl adjacent to an activating group) is 1. The Labute approximate surface area is 120 Å². The van der Waals surface area contributed by atoms with Gasteiger partial charge in [0, 0.05) is 19.7 Å². The molecule has 1 aromatic carbocycles. The maximum Gasteiger partial charge on any atom is 0.310 e. The lowest BCUT2D eigenvalue weighted by atomic mass is 10.1. The maximum atomic E-state index is 12.0. The lowest BCUT2D eigenvalue weighted by Crippen LogP contribution is -2.33. The average Bonchev–Trinajstić information content (AvgIpc) is 2.44. The second-order valence-corrected chi connectivity index (χ2v) is 4.83. The van der Waals surface area contributed by atoms with Gasteiger partial charge in [-0.15, -0.1) is 0 Å². The number of methoxy groups -OCH3 is 1. The average molecular weight is 275 g/mol. The quantitative estimate of drug-likeness (QED) is 0.612. The van der Waals surface area contributed by atoms with E-state index in [0.717, 1.165) is 11.1 Å². The molecule has 0 fully saturated rings. The number of aryl methyl sites for hydroxylation is 1. The number of esters is 1. The molecule has 1 rings (SSSR count). The summed E-state index contributed by atoms with van der Waals surface area (Å²) in [7, 11) is 3.02. The minimum absolute atomic E-state index is 0.135. The molecule has 0 N–H and O–H groups in total. The van der Waals surface area contributed by atoms with Crippen LogP contribution in [0.3, 0.4) is 0 Å². The monoisotopic (exact) mass is 275 g/mol. The third-order valence-electron chi connectivity index (χ3n) is 3.12. The molecule has 20 heavy (non-hydrogen) atoms. The Bertz CT molecular complexity index is 508. The summed E-state index contributed by atoms with van der Waals surface area (Å²) in [6.45, 7) is 4.07. The molecule has 0 saturated heterocycles. The van der Waals surface area contributed by atoms with Gasteiger partial charge in [-0.25, -0.2) is 0 Å². The lowest BCUT2D eigenvalue weighted by molar-refractivity contribution is -0.145. The van der Waals surface area contributed by atoms with Gasteiger partial charge in [-0.2, -0.15) is 0 Å². The predicted octanol–water partition coefficient (Wildman–Crippen LogP) is 2.28. The van der Waals surface area contributed by atoms with Crippen molar-refractivity contribution in [3.63, 3.8) is 0 Å². The van der Waals surface area contributed by atoms with Crippen LogP contribution in [0.1, 0.15) is 18.1 Å². The van der Waals surface area contributed by atoms with Crippen LogP contribution in [-0.4, -0.2) is 37.5 Å². The Hall–Kier alpha value is -2.10. The molecule has 0 radical (unpaired) electrons. The lowest BCUT2D eigenvalue weighted by Gasteiger charge is -2.18. The summed E-state index contributed by atoms with van der Waals surface area (Å²) in [6.07, 6.45) is 3.31. The van der Waals surface area contributed by atoms with Crippen molar-refractivity contribution in [3.8, 4) is 0 Å². The summed E-state index contributed by atoms with van der Waals surface area (Å²) in [5, 5.41) is 0. The van der Waals surface area contributed by atoms with Crippen molar-refractivity contribution in [3.05, 3.63) is 41.5 Å². The SMILES string of the molecule is COC(=O)C(C)CN(C)C(=O)C=Cc1ccccc1C. The Balaban J connectivity index is 2.62. The van der Waals surface area contributed by atoms with E-state index in [1.54, 1.807) is 20.0 Å². The van der Waals surface area contributed by atoms with Crippen LogP contribution in [-0.2, 0) is 14.3 Å². The molecule has 108 valence electrons. The zero-order valence-corrected chi connectivity index (χ0v) is 12.4. The molecule has 0 aromatic heterocycles. The molecule has 0 saturated carbocycles. The molecule has 4 nitrogen and oxygen atoms in total. The van der Waals surface area contributed by atoms with E-state index in [4.69, 9.17) is 0 Å². The van der Waals surface area contributed by atoms with Gasteiger partial charge in [0.15, 0.2) is 0 Å². The molecule has 0 aliphatic rings. The molecule has 1 amide bonds. The summed E-state index contributed by atoms with van der Waals surface area (Å²) < 4.78 is 4.64. The second-order valence-electron chi connectivity index (χ2n) is 4.83. The molecule has 0 aliphatic heterocycles. The van der Waals surface area contributed by atoms with Crippen molar-refractivity contribution in [1.82, 2.24) is 4.90 Å². The number of nitrogens with zero attached hydrogens (tertiary/aromatic N) is 1. The molecular weight excluding hydrogens is 254 g/mol. The fourth-order valence-electron chi connectivity index (χ4n) is 1.84. The van der Waals surface area contributed by atoms with Crippen molar-refractivity contribution >= 4 is 18.0 Å². The summed E-state index contributed by atoms with van der Waals surface area (Å²) in [5.41, 5.74) is 2.12. The number of benzene rings is 1. The molecule has 4 heteroatoms. The van der Waals surface area contributed by atoms with Gasteiger partial charge in [0.1, 0.15) is 0 Å². The minimum Gasteiger partial charge on any atom is -0.469 e. The largest absolute Gasteiger partial charge is 0.469 e. The van der Waals surface area contributed by atoms with Crippen LogP contribution in [0.25, 0.3) is 6.08 Å². The van der Waals surface area contributed by atoms with Crippen molar-refractivity contribution in [2.24, 2.45) is 5.92 Å². The van der Waals surface area contributed by atoms with E-state index in [1.165, 1.54) is 18.1 Å². The smallest absolute Gasteiger partial charge is 0.310 e. The van der Waals surface area contributed by atoms with E-state index in [-0.39, 0.29) is 17.8 Å². The molecule has 0 heterocycles. The highest BCUT2D eigenvalue weighted by Gasteiger charge is 2.17. The number of ether oxygens (including phenoxy) is 1. The normalized spacial score (nSPS) is 12.2. The van der Waals surface area contributed by atoms with Gasteiger partial charge in [0.2, 0.25) is 5.91 Å². The van der Waals surface area contributed by atoms with Crippen LogP contribution < -0.4 is 0 Å². The second kappa shape index (κ2) is 7.48. The maximum absolute atomic E-state index is 12.0. The first-order chi connectivity index (χ1) is 9.45. The summed E-state index contributed by atoms with van der Waals surface area (Å²) in [6, 6.07) is 7.84. The Morgan fingerprint density at radius 3 is 2.60 bits per heavy atom. The Kier molecular flexibility index (Phi) is 5.97. The first-order valence-corrected chi connectivity index (χ1v) is 6.52. The van der Waals surface area contributed by atoms with Gasteiger partial charge >= 0.3 is 5.97 Å². The van der Waals surface area contributed by atoms with Crippen LogP contribution in [0.2, 0.25) is 0 Å². The number of hydrogen-bond donors (Lipinski definition) is 0. The fourth-order valence-corrected chi connectivity index (χ4v) is 1.84. The molecule has 0 bridgehead atoms. The van der Waals surface area contributed by atoms with Gasteiger partial charge in [-0.1, -0.05) is 31.2 Å². The van der Waals surface area contributed by atoms with E-state index >= 15 is 0 Å². The highest BCUT2D eigenvalue weighted by Crippen LogP contribution is 2.09. The van der Waals surface area contributed by atoms with Crippen molar-refractivity contribution in [2.45, 2.75) is 13.8 Å². The van der Waals surface area contributed by atoms with Crippen molar-refractivity contribution in [2.75, 3.05) is 20.7 Å². The first-order valence-electron chi connectivity index (χ1n) is 6.52. The van der Waals surface area contributed by atoms with Crippen LogP contribution in [0, 0.1) is 12.8 Å². The van der Waals surface area contributed by atoms with Gasteiger partial charge in [0.05, 0.1) is 13.0 Å². The molecule has 1 atom stereocenters. The highest BCUT2D eigenvalue weighted by atomic mass is 16.5. The minimum atomic E-state index is -0.333. The van der Waals surface area contributed by atoms with Crippen molar-refractivity contribution < 1.29 is 14.3 Å². The molecule has 1 unspecified atom stereocenters. The number of carbonyl (C=O) groups is 2. The summed E-state index contributed by atoms with van der Waals surface area (Å²) in [5.74, 6) is -0.780. The molecular formula is C16H21NO3. The van der Waals surface area contributed by atoms with Gasteiger partial charge in [0.25, 0.3) is 0 Å². The molecule has 1 aromatic rings. The van der Waals surface area contributed by atoms with Gasteiger partial charge < -0.3 is 9.64 Å². The van der Waals surface area contributed by atoms with Crippen LogP contribution >= 0.6 is 0 Å². The third-order valence-corrected chi connectivity index (χ3v) is 3.12. The summed E-state index contributed by atoms with van der Waals surface area (Å²) >= 11 is 0. The topological polar surface area (TPSA) is 46.6 Å². The van der Waals surface area contributed by atoms with E-state index in [2.05, 4.69) is 4.74 Å². The van der Waals surface area contributed by atoms with Gasteiger partial charge in [-0.05, 0) is 24.1 Å².